The molecule has 1 amide bonds. The van der Waals surface area contributed by atoms with Gasteiger partial charge in [-0.05, 0) is 50.8 Å². The zero-order valence-corrected chi connectivity index (χ0v) is 18.5. The molecule has 1 N–H and O–H groups in total. The third-order valence-corrected chi connectivity index (χ3v) is 5.37. The van der Waals surface area contributed by atoms with Crippen molar-refractivity contribution < 1.29 is 24.2 Å². The van der Waals surface area contributed by atoms with Gasteiger partial charge in [-0.2, -0.15) is 0 Å². The van der Waals surface area contributed by atoms with Crippen LogP contribution >= 0.6 is 0 Å². The number of ether oxygens (including phenoxy) is 2. The van der Waals surface area contributed by atoms with E-state index in [1.165, 1.54) is 12.0 Å². The van der Waals surface area contributed by atoms with Crippen LogP contribution in [0.2, 0.25) is 0 Å². The van der Waals surface area contributed by atoms with Crippen molar-refractivity contribution in [2.24, 2.45) is 0 Å². The van der Waals surface area contributed by atoms with E-state index in [1.807, 2.05) is 32.0 Å². The highest BCUT2D eigenvalue weighted by atomic mass is 16.5. The molecule has 1 atom stereocenters. The normalized spacial score (nSPS) is 18.0. The summed E-state index contributed by atoms with van der Waals surface area (Å²) in [7, 11) is 6.87. The molecule has 0 spiro atoms. The van der Waals surface area contributed by atoms with Crippen LogP contribution in [-0.4, -0.2) is 68.0 Å². The van der Waals surface area contributed by atoms with Gasteiger partial charge in [-0.15, -0.1) is 0 Å². The molecule has 7 nitrogen and oxygen atoms in total. The number of benzene rings is 2. The first-order valence-electron chi connectivity index (χ1n) is 10.0. The minimum absolute atomic E-state index is 0.0535. The first-order chi connectivity index (χ1) is 14.8. The number of ketones is 1. The SMILES string of the molecule is COc1ccc(C2/C(=C(\O)c3cc(C)ccc3OC)C(=O)C(=O)N2CCN(C)C)cc1. The van der Waals surface area contributed by atoms with Gasteiger partial charge < -0.3 is 24.4 Å². The van der Waals surface area contributed by atoms with Crippen LogP contribution in [0.1, 0.15) is 22.7 Å². The van der Waals surface area contributed by atoms with Crippen LogP contribution in [0.15, 0.2) is 48.0 Å². The first kappa shape index (κ1) is 22.4. The Morgan fingerprint density at radius 3 is 2.32 bits per heavy atom. The molecule has 0 aromatic heterocycles. The van der Waals surface area contributed by atoms with Crippen LogP contribution in [0.4, 0.5) is 0 Å². The predicted octanol–water partition coefficient (Wildman–Crippen LogP) is 3.00. The molecule has 164 valence electrons. The van der Waals surface area contributed by atoms with Crippen LogP contribution in [-0.2, 0) is 9.59 Å². The second-order valence-corrected chi connectivity index (χ2v) is 7.77. The molecule has 31 heavy (non-hydrogen) atoms. The molecule has 1 aliphatic heterocycles. The van der Waals surface area contributed by atoms with Gasteiger partial charge in [0.1, 0.15) is 17.3 Å². The number of hydrogen-bond donors (Lipinski definition) is 1. The monoisotopic (exact) mass is 424 g/mol. The van der Waals surface area contributed by atoms with Gasteiger partial charge in [0.25, 0.3) is 11.7 Å². The molecule has 2 aromatic rings. The fraction of sp³-hybridized carbons (Fsp3) is 0.333. The summed E-state index contributed by atoms with van der Waals surface area (Å²) in [6.45, 7) is 2.80. The molecule has 1 unspecified atom stereocenters. The number of likely N-dealkylation sites (N-methyl/N-ethyl adjacent to an activating group) is 1. The molecule has 0 radical (unpaired) electrons. The van der Waals surface area contributed by atoms with E-state index in [2.05, 4.69) is 0 Å². The number of aryl methyl sites for hydroxylation is 1. The molecular weight excluding hydrogens is 396 g/mol. The smallest absolute Gasteiger partial charge is 0.295 e. The van der Waals surface area contributed by atoms with Gasteiger partial charge in [-0.25, -0.2) is 0 Å². The lowest BCUT2D eigenvalue weighted by molar-refractivity contribution is -0.140. The number of aliphatic hydroxyl groups is 1. The van der Waals surface area contributed by atoms with Gasteiger partial charge in [0.15, 0.2) is 0 Å². The Hall–Kier alpha value is -3.32. The third kappa shape index (κ3) is 4.41. The Morgan fingerprint density at radius 2 is 1.74 bits per heavy atom. The highest BCUT2D eigenvalue weighted by Crippen LogP contribution is 2.41. The fourth-order valence-corrected chi connectivity index (χ4v) is 3.70. The van der Waals surface area contributed by atoms with Crippen molar-refractivity contribution in [1.82, 2.24) is 9.80 Å². The number of carbonyl (C=O) groups excluding carboxylic acids is 2. The van der Waals surface area contributed by atoms with Crippen molar-refractivity contribution in [2.75, 3.05) is 41.4 Å². The van der Waals surface area contributed by atoms with E-state index in [0.717, 1.165) is 5.56 Å². The lowest BCUT2D eigenvalue weighted by Gasteiger charge is -2.26. The Labute approximate surface area is 182 Å². The lowest BCUT2D eigenvalue weighted by atomic mass is 9.94. The second-order valence-electron chi connectivity index (χ2n) is 7.77. The maximum atomic E-state index is 13.1. The number of aliphatic hydroxyl groups excluding tert-OH is 1. The quantitative estimate of drug-likeness (QED) is 0.418. The summed E-state index contributed by atoms with van der Waals surface area (Å²) < 4.78 is 10.6. The van der Waals surface area contributed by atoms with E-state index in [1.54, 1.807) is 43.5 Å². The molecule has 0 saturated carbocycles. The zero-order chi connectivity index (χ0) is 22.7. The number of rotatable bonds is 7. The molecule has 1 heterocycles. The van der Waals surface area contributed by atoms with Crippen LogP contribution in [0.3, 0.4) is 0 Å². The first-order valence-corrected chi connectivity index (χ1v) is 10.0. The van der Waals surface area contributed by atoms with Crippen molar-refractivity contribution >= 4 is 17.4 Å². The van der Waals surface area contributed by atoms with E-state index < -0.39 is 17.7 Å². The highest BCUT2D eigenvalue weighted by molar-refractivity contribution is 6.46. The van der Waals surface area contributed by atoms with Crippen LogP contribution in [0.5, 0.6) is 11.5 Å². The van der Waals surface area contributed by atoms with Gasteiger partial charge >= 0.3 is 0 Å². The molecule has 0 bridgehead atoms. The van der Waals surface area contributed by atoms with Gasteiger partial charge in [-0.1, -0.05) is 23.8 Å². The maximum Gasteiger partial charge on any atom is 0.295 e. The van der Waals surface area contributed by atoms with E-state index in [0.29, 0.717) is 35.7 Å². The summed E-state index contributed by atoms with van der Waals surface area (Å²) in [5, 5.41) is 11.2. The summed E-state index contributed by atoms with van der Waals surface area (Å²) in [5.74, 6) is -0.492. The van der Waals surface area contributed by atoms with Gasteiger partial charge in [0.2, 0.25) is 0 Å². The number of Topliss-reactive ketones (excluding diaryl/α,β-unsaturated/α-hetero) is 1. The van der Waals surface area contributed by atoms with Gasteiger partial charge in [0.05, 0.1) is 31.4 Å². The number of amides is 1. The highest BCUT2D eigenvalue weighted by Gasteiger charge is 2.46. The molecule has 1 saturated heterocycles. The minimum atomic E-state index is -0.712. The van der Waals surface area contributed by atoms with Crippen molar-refractivity contribution in [1.29, 1.82) is 0 Å². The van der Waals surface area contributed by atoms with Gasteiger partial charge in [0, 0.05) is 13.1 Å². The second kappa shape index (κ2) is 9.22. The standard InChI is InChI=1S/C24H28N2O5/c1-15-6-11-19(31-5)18(14-15)22(27)20-21(16-7-9-17(30-4)10-8-16)26(13-12-25(2)3)24(29)23(20)28/h6-11,14,21,27H,12-13H2,1-5H3/b22-20+. The number of nitrogens with zero attached hydrogens (tertiary/aromatic N) is 2. The largest absolute Gasteiger partial charge is 0.507 e. The van der Waals surface area contributed by atoms with E-state index in [-0.39, 0.29) is 11.3 Å². The molecule has 3 rings (SSSR count). The third-order valence-electron chi connectivity index (χ3n) is 5.37. The minimum Gasteiger partial charge on any atom is -0.507 e. The average Bonchev–Trinajstić information content (AvgIpc) is 3.01. The Kier molecular flexibility index (Phi) is 6.65. The molecule has 1 aliphatic rings. The number of carbonyl (C=O) groups is 2. The summed E-state index contributed by atoms with van der Waals surface area (Å²) in [6, 6.07) is 11.8. The van der Waals surface area contributed by atoms with Crippen molar-refractivity contribution in [3.63, 3.8) is 0 Å². The maximum absolute atomic E-state index is 13.1. The van der Waals surface area contributed by atoms with E-state index in [9.17, 15) is 14.7 Å². The molecular formula is C24H28N2O5. The number of hydrogen-bond acceptors (Lipinski definition) is 6. The van der Waals surface area contributed by atoms with Gasteiger partial charge in [-0.3, -0.25) is 9.59 Å². The Bertz CT molecular complexity index is 1010. The Balaban J connectivity index is 2.19. The number of likely N-dealkylation sites (tertiary alicyclic amines) is 1. The van der Waals surface area contributed by atoms with Crippen LogP contribution < -0.4 is 9.47 Å². The average molecular weight is 424 g/mol. The van der Waals surface area contributed by atoms with Crippen molar-refractivity contribution in [3.05, 3.63) is 64.7 Å². The Morgan fingerprint density at radius 1 is 1.06 bits per heavy atom. The van der Waals surface area contributed by atoms with Crippen LogP contribution in [0.25, 0.3) is 5.76 Å². The fourth-order valence-electron chi connectivity index (χ4n) is 3.70. The molecule has 1 fully saturated rings. The van der Waals surface area contributed by atoms with Crippen LogP contribution in [0, 0.1) is 6.92 Å². The summed E-state index contributed by atoms with van der Waals surface area (Å²) in [5.41, 5.74) is 2.04. The summed E-state index contributed by atoms with van der Waals surface area (Å²) in [4.78, 5) is 29.5. The molecule has 2 aromatic carbocycles. The lowest BCUT2D eigenvalue weighted by Crippen LogP contribution is -2.35. The number of methoxy groups -OCH3 is 2. The van der Waals surface area contributed by atoms with E-state index in [4.69, 9.17) is 9.47 Å². The zero-order valence-electron chi connectivity index (χ0n) is 18.5. The topological polar surface area (TPSA) is 79.3 Å². The predicted molar refractivity (Wildman–Crippen MR) is 118 cm³/mol. The van der Waals surface area contributed by atoms with E-state index >= 15 is 0 Å². The molecule has 0 aliphatic carbocycles. The summed E-state index contributed by atoms with van der Waals surface area (Å²) >= 11 is 0. The summed E-state index contributed by atoms with van der Waals surface area (Å²) in [6.07, 6.45) is 0. The van der Waals surface area contributed by atoms with Crippen molar-refractivity contribution in [3.8, 4) is 11.5 Å². The van der Waals surface area contributed by atoms with Crippen molar-refractivity contribution in [2.45, 2.75) is 13.0 Å². The molecule has 7 heteroatoms.